The Morgan fingerprint density at radius 3 is 2.58 bits per heavy atom. The normalized spacial score (nSPS) is 15.8. The molecule has 6 nitrogen and oxygen atoms in total. The summed E-state index contributed by atoms with van der Waals surface area (Å²) in [5, 5.41) is 13.4. The molecule has 0 spiro atoms. The van der Waals surface area contributed by atoms with Gasteiger partial charge in [-0.15, -0.1) is 0 Å². The molecule has 7 heteroatoms. The maximum absolute atomic E-state index is 13.5. The average molecular weight is 463 g/mol. The van der Waals surface area contributed by atoms with Crippen LogP contribution in [0.1, 0.15) is 29.7 Å². The molecule has 0 bridgehead atoms. The summed E-state index contributed by atoms with van der Waals surface area (Å²) in [6.45, 7) is 6.25. The van der Waals surface area contributed by atoms with Gasteiger partial charge in [0.1, 0.15) is 11.8 Å². The molecule has 0 aromatic heterocycles. The molecule has 0 saturated heterocycles. The van der Waals surface area contributed by atoms with Gasteiger partial charge in [-0.3, -0.25) is 4.79 Å². The van der Waals surface area contributed by atoms with Gasteiger partial charge in [0.15, 0.2) is 0 Å². The van der Waals surface area contributed by atoms with E-state index in [4.69, 9.17) is 17.3 Å². The molecule has 0 radical (unpaired) electrons. The summed E-state index contributed by atoms with van der Waals surface area (Å²) in [6, 6.07) is 15.8. The van der Waals surface area contributed by atoms with Gasteiger partial charge in [-0.2, -0.15) is 0 Å². The molecule has 1 amide bonds. The van der Waals surface area contributed by atoms with Crippen molar-refractivity contribution in [1.29, 1.82) is 0 Å². The fourth-order valence-electron chi connectivity index (χ4n) is 4.09. The van der Waals surface area contributed by atoms with Crippen LogP contribution in [-0.2, 0) is 4.79 Å². The zero-order valence-electron chi connectivity index (χ0n) is 18.8. The number of nitrogens with one attached hydrogen (secondary N) is 1. The van der Waals surface area contributed by atoms with Crippen LogP contribution in [0.4, 0.5) is 11.4 Å². The van der Waals surface area contributed by atoms with Crippen molar-refractivity contribution in [2.75, 3.05) is 11.4 Å². The van der Waals surface area contributed by atoms with E-state index in [-0.39, 0.29) is 17.7 Å². The smallest absolute Gasteiger partial charge is 0.247 e. The predicted octanol–water partition coefficient (Wildman–Crippen LogP) is 5.01. The van der Waals surface area contributed by atoms with Gasteiger partial charge in [0, 0.05) is 29.4 Å². The molecule has 1 aliphatic heterocycles. The van der Waals surface area contributed by atoms with Crippen LogP contribution in [0.2, 0.25) is 5.02 Å². The van der Waals surface area contributed by atoms with E-state index in [1.54, 1.807) is 30.6 Å². The van der Waals surface area contributed by atoms with Crippen molar-refractivity contribution in [2.24, 2.45) is 10.7 Å². The fourth-order valence-corrected chi connectivity index (χ4v) is 4.35. The number of nitrogens with two attached hydrogens (primary N) is 1. The third kappa shape index (κ3) is 4.87. The van der Waals surface area contributed by atoms with Gasteiger partial charge < -0.3 is 21.1 Å². The van der Waals surface area contributed by atoms with Crippen LogP contribution in [0.3, 0.4) is 0 Å². The SMILES string of the molecule is Cc1cc(C)cc(N2C=Nc3cc(Cl)c(-c4cccc(O)c4)cc3C2C(=O)NC[C@H](C)N)c1. The number of hydrogen-bond acceptors (Lipinski definition) is 5. The average Bonchev–Trinajstić information content (AvgIpc) is 2.75. The Morgan fingerprint density at radius 2 is 1.91 bits per heavy atom. The number of phenols is 1. The lowest BCUT2D eigenvalue weighted by Crippen LogP contribution is -2.44. The van der Waals surface area contributed by atoms with E-state index < -0.39 is 6.04 Å². The standard InChI is InChI=1S/C26H27ClN4O2/c1-15-7-16(2)9-19(8-15)31-14-30-24-12-23(27)21(18-5-4-6-20(32)10-18)11-22(24)25(31)26(33)29-13-17(3)28/h4-12,14,17,25,32H,13,28H2,1-3H3,(H,29,33)/t17-,25?/m0/s1. The van der Waals surface area contributed by atoms with Gasteiger partial charge in [0.05, 0.1) is 17.0 Å². The first-order chi connectivity index (χ1) is 15.7. The number of carbonyl (C=O) groups excluding carboxylic acids is 1. The summed E-state index contributed by atoms with van der Waals surface area (Å²) in [6.07, 6.45) is 1.68. The molecule has 4 N–H and O–H groups in total. The molecule has 1 aliphatic rings. The van der Waals surface area contributed by atoms with Crippen LogP contribution in [0.5, 0.6) is 5.75 Å². The number of aromatic hydroxyl groups is 1. The Hall–Kier alpha value is -3.35. The molecule has 1 unspecified atom stereocenters. The highest BCUT2D eigenvalue weighted by molar-refractivity contribution is 6.33. The largest absolute Gasteiger partial charge is 0.508 e. The van der Waals surface area contributed by atoms with E-state index in [0.29, 0.717) is 22.8 Å². The van der Waals surface area contributed by atoms with Gasteiger partial charge >= 0.3 is 0 Å². The lowest BCUT2D eigenvalue weighted by Gasteiger charge is -2.34. The summed E-state index contributed by atoms with van der Waals surface area (Å²) < 4.78 is 0. The van der Waals surface area contributed by atoms with E-state index in [2.05, 4.69) is 16.4 Å². The van der Waals surface area contributed by atoms with Crippen molar-refractivity contribution in [2.45, 2.75) is 32.9 Å². The molecule has 1 heterocycles. The van der Waals surface area contributed by atoms with Crippen LogP contribution in [0.25, 0.3) is 11.1 Å². The summed E-state index contributed by atoms with van der Waals surface area (Å²) in [5.41, 5.74) is 11.8. The van der Waals surface area contributed by atoms with Crippen molar-refractivity contribution in [3.63, 3.8) is 0 Å². The highest BCUT2D eigenvalue weighted by Crippen LogP contribution is 2.42. The molecule has 0 aliphatic carbocycles. The molecule has 2 atom stereocenters. The summed E-state index contributed by atoms with van der Waals surface area (Å²) in [4.78, 5) is 20.0. The number of aliphatic imine (C=N–C) groups is 1. The monoisotopic (exact) mass is 462 g/mol. The van der Waals surface area contributed by atoms with Crippen LogP contribution in [0.15, 0.2) is 59.6 Å². The molecule has 0 fully saturated rings. The Labute approximate surface area is 198 Å². The number of nitrogens with zero attached hydrogens (tertiary/aromatic N) is 2. The van der Waals surface area contributed by atoms with E-state index in [1.165, 1.54) is 0 Å². The maximum atomic E-state index is 13.5. The molecule has 3 aromatic rings. The van der Waals surface area contributed by atoms with Crippen LogP contribution >= 0.6 is 11.6 Å². The molecule has 4 rings (SSSR count). The quantitative estimate of drug-likeness (QED) is 0.496. The van der Waals surface area contributed by atoms with Crippen LogP contribution in [-0.4, -0.2) is 29.9 Å². The van der Waals surface area contributed by atoms with Crippen molar-refractivity contribution in [3.8, 4) is 16.9 Å². The number of carbonyl (C=O) groups is 1. The minimum atomic E-state index is -0.661. The second kappa shape index (κ2) is 9.25. The van der Waals surface area contributed by atoms with Gasteiger partial charge in [-0.25, -0.2) is 4.99 Å². The van der Waals surface area contributed by atoms with Crippen molar-refractivity contribution < 1.29 is 9.90 Å². The highest BCUT2D eigenvalue weighted by atomic mass is 35.5. The van der Waals surface area contributed by atoms with Crippen molar-refractivity contribution >= 4 is 35.2 Å². The number of fused-ring (bicyclic) bond motifs is 1. The zero-order chi connectivity index (χ0) is 23.7. The third-order valence-electron chi connectivity index (χ3n) is 5.52. The van der Waals surface area contributed by atoms with Gasteiger partial charge in [-0.05, 0) is 73.9 Å². The lowest BCUT2D eigenvalue weighted by atomic mass is 9.94. The number of benzene rings is 3. The number of amides is 1. The molecular formula is C26H27ClN4O2. The first-order valence-corrected chi connectivity index (χ1v) is 11.2. The molecule has 0 saturated carbocycles. The van der Waals surface area contributed by atoms with Gasteiger partial charge in [0.2, 0.25) is 5.91 Å². The minimum Gasteiger partial charge on any atom is -0.508 e. The van der Waals surface area contributed by atoms with E-state index in [9.17, 15) is 9.90 Å². The number of hydrogen-bond donors (Lipinski definition) is 3. The van der Waals surface area contributed by atoms with Crippen LogP contribution < -0.4 is 16.0 Å². The predicted molar refractivity (Wildman–Crippen MR) is 134 cm³/mol. The summed E-state index contributed by atoms with van der Waals surface area (Å²) >= 11 is 6.59. The van der Waals surface area contributed by atoms with Crippen LogP contribution in [0, 0.1) is 13.8 Å². The first kappa shape index (κ1) is 22.8. The second-order valence-electron chi connectivity index (χ2n) is 8.56. The zero-order valence-corrected chi connectivity index (χ0v) is 19.6. The summed E-state index contributed by atoms with van der Waals surface area (Å²) in [7, 11) is 0. The van der Waals surface area contributed by atoms with Gasteiger partial charge in [-0.1, -0.05) is 29.8 Å². The molecule has 170 valence electrons. The Kier molecular flexibility index (Phi) is 6.40. The fraction of sp³-hybridized carbons (Fsp3) is 0.231. The topological polar surface area (TPSA) is 90.9 Å². The number of halogens is 1. The van der Waals surface area contributed by atoms with Crippen molar-refractivity contribution in [1.82, 2.24) is 5.32 Å². The Morgan fingerprint density at radius 1 is 1.18 bits per heavy atom. The number of rotatable bonds is 5. The molecular weight excluding hydrogens is 436 g/mol. The Balaban J connectivity index is 1.86. The highest BCUT2D eigenvalue weighted by Gasteiger charge is 2.33. The van der Waals surface area contributed by atoms with E-state index >= 15 is 0 Å². The van der Waals surface area contributed by atoms with Crippen molar-refractivity contribution in [3.05, 3.63) is 76.3 Å². The number of anilines is 1. The number of aryl methyl sites for hydroxylation is 2. The Bertz CT molecular complexity index is 1220. The van der Waals surface area contributed by atoms with E-state index in [0.717, 1.165) is 27.9 Å². The lowest BCUT2D eigenvalue weighted by molar-refractivity contribution is -0.122. The summed E-state index contributed by atoms with van der Waals surface area (Å²) in [5.74, 6) is -0.0366. The maximum Gasteiger partial charge on any atom is 0.247 e. The first-order valence-electron chi connectivity index (χ1n) is 10.8. The third-order valence-corrected chi connectivity index (χ3v) is 5.83. The second-order valence-corrected chi connectivity index (χ2v) is 8.97. The molecule has 3 aromatic carbocycles. The number of phenolic OH excluding ortho intramolecular Hbond substituents is 1. The van der Waals surface area contributed by atoms with Gasteiger partial charge in [0.25, 0.3) is 0 Å². The molecule has 33 heavy (non-hydrogen) atoms. The van der Waals surface area contributed by atoms with E-state index in [1.807, 2.05) is 49.9 Å². The minimum absolute atomic E-state index is 0.141.